The Morgan fingerprint density at radius 1 is 1.42 bits per heavy atom. The third kappa shape index (κ3) is 2.43. The zero-order valence-electron chi connectivity index (χ0n) is 10.5. The topological polar surface area (TPSA) is 89.1 Å². The number of hydrogen-bond acceptors (Lipinski definition) is 6. The molecule has 0 aliphatic heterocycles. The van der Waals surface area contributed by atoms with E-state index >= 15 is 0 Å². The molecule has 0 aliphatic carbocycles. The van der Waals surface area contributed by atoms with Crippen molar-refractivity contribution in [2.45, 2.75) is 6.92 Å². The van der Waals surface area contributed by atoms with E-state index in [-0.39, 0.29) is 17.8 Å². The first kappa shape index (κ1) is 13.4. The maximum atomic E-state index is 11.9. The fourth-order valence-corrected chi connectivity index (χ4v) is 1.82. The quantitative estimate of drug-likeness (QED) is 0.609. The van der Waals surface area contributed by atoms with Crippen molar-refractivity contribution in [1.29, 1.82) is 0 Å². The van der Waals surface area contributed by atoms with E-state index in [1.165, 1.54) is 7.11 Å². The first-order valence-corrected chi connectivity index (χ1v) is 5.72. The maximum Gasteiger partial charge on any atom is 0.527 e. The van der Waals surface area contributed by atoms with E-state index < -0.39 is 13.1 Å². The van der Waals surface area contributed by atoms with Crippen LogP contribution in [0.2, 0.25) is 0 Å². The number of fused-ring (bicyclic) bond motifs is 1. The highest BCUT2D eigenvalue weighted by molar-refractivity contribution is 6.59. The molecule has 7 heteroatoms. The third-order valence-corrected chi connectivity index (χ3v) is 2.64. The number of esters is 1. The van der Waals surface area contributed by atoms with Crippen molar-refractivity contribution in [3.05, 3.63) is 23.8 Å². The van der Waals surface area contributed by atoms with Gasteiger partial charge in [-0.15, -0.1) is 0 Å². The van der Waals surface area contributed by atoms with Gasteiger partial charge in [0.05, 0.1) is 13.7 Å². The largest absolute Gasteiger partial charge is 0.527 e. The van der Waals surface area contributed by atoms with Crippen LogP contribution in [0.25, 0.3) is 11.0 Å². The summed E-state index contributed by atoms with van der Waals surface area (Å²) >= 11 is 0. The molecule has 0 radical (unpaired) electrons. The molecule has 0 fully saturated rings. The molecule has 100 valence electrons. The second kappa shape index (κ2) is 5.33. The Morgan fingerprint density at radius 3 is 2.74 bits per heavy atom. The van der Waals surface area contributed by atoms with Crippen LogP contribution < -0.4 is 10.4 Å². The lowest BCUT2D eigenvalue weighted by molar-refractivity contribution is 0.0529. The van der Waals surface area contributed by atoms with Crippen LogP contribution in [0, 0.1) is 0 Å². The van der Waals surface area contributed by atoms with Crippen LogP contribution >= 0.6 is 0 Å². The lowest BCUT2D eigenvalue weighted by Crippen LogP contribution is -2.33. The molecule has 0 bridgehead atoms. The number of methoxy groups -OCH3 is 1. The summed E-state index contributed by atoms with van der Waals surface area (Å²) in [5.41, 5.74) is 0.124. The lowest BCUT2D eigenvalue weighted by atomic mass is 9.84. The molecule has 1 heterocycles. The number of furan rings is 1. The Balaban J connectivity index is 2.66. The Hall–Kier alpha value is -1.99. The standard InChI is InChI=1S/C12H13BO6/c1-3-18-12(14)10-8-6-7(17-2)4-5-9(8)19-11(10)13(15)16/h4-6,15-16H,3H2,1-2H3. The highest BCUT2D eigenvalue weighted by Gasteiger charge is 2.29. The van der Waals surface area contributed by atoms with Crippen LogP contribution in [0.1, 0.15) is 17.3 Å². The molecule has 19 heavy (non-hydrogen) atoms. The van der Waals surface area contributed by atoms with E-state index in [4.69, 9.17) is 13.9 Å². The molecule has 1 aromatic heterocycles. The summed E-state index contributed by atoms with van der Waals surface area (Å²) in [5.74, 6) is -0.143. The molecule has 0 saturated heterocycles. The smallest absolute Gasteiger partial charge is 0.497 e. The molecule has 2 aromatic rings. The summed E-state index contributed by atoms with van der Waals surface area (Å²) in [6.07, 6.45) is 0. The Morgan fingerprint density at radius 2 is 2.16 bits per heavy atom. The Labute approximate surface area is 109 Å². The van der Waals surface area contributed by atoms with Crippen molar-refractivity contribution in [2.24, 2.45) is 0 Å². The zero-order chi connectivity index (χ0) is 14.0. The molecule has 0 saturated carbocycles. The SMILES string of the molecule is CCOC(=O)c1c(B(O)O)oc2ccc(OC)cc12. The van der Waals surface area contributed by atoms with Gasteiger partial charge >= 0.3 is 13.1 Å². The van der Waals surface area contributed by atoms with Gasteiger partial charge in [-0.25, -0.2) is 4.79 Å². The number of rotatable bonds is 4. The monoisotopic (exact) mass is 264 g/mol. The van der Waals surface area contributed by atoms with Gasteiger partial charge in [-0.1, -0.05) is 0 Å². The minimum absolute atomic E-state index is 0.00532. The van der Waals surface area contributed by atoms with E-state index in [0.29, 0.717) is 16.7 Å². The van der Waals surface area contributed by atoms with Crippen LogP contribution in [-0.4, -0.2) is 36.9 Å². The van der Waals surface area contributed by atoms with E-state index in [1.807, 2.05) is 0 Å². The minimum Gasteiger partial charge on any atom is -0.497 e. The average Bonchev–Trinajstić information content (AvgIpc) is 2.77. The summed E-state index contributed by atoms with van der Waals surface area (Å²) in [4.78, 5) is 11.9. The van der Waals surface area contributed by atoms with Crippen molar-refractivity contribution in [1.82, 2.24) is 0 Å². The first-order valence-electron chi connectivity index (χ1n) is 5.72. The van der Waals surface area contributed by atoms with E-state index in [2.05, 4.69) is 0 Å². The van der Waals surface area contributed by atoms with Crippen molar-refractivity contribution < 1.29 is 28.7 Å². The predicted octanol–water partition coefficient (Wildman–Crippen LogP) is 0.298. The number of carbonyl (C=O) groups is 1. The van der Waals surface area contributed by atoms with Gasteiger partial charge < -0.3 is 23.9 Å². The number of ether oxygens (including phenoxy) is 2. The second-order valence-electron chi connectivity index (χ2n) is 3.80. The zero-order valence-corrected chi connectivity index (χ0v) is 10.5. The van der Waals surface area contributed by atoms with Crippen LogP contribution in [0.5, 0.6) is 5.75 Å². The van der Waals surface area contributed by atoms with Crippen LogP contribution in [0.15, 0.2) is 22.6 Å². The number of hydrogen-bond donors (Lipinski definition) is 2. The fourth-order valence-electron chi connectivity index (χ4n) is 1.82. The van der Waals surface area contributed by atoms with Gasteiger partial charge in [0.15, 0.2) is 5.66 Å². The summed E-state index contributed by atoms with van der Waals surface area (Å²) in [5, 5.41) is 19.0. The Kier molecular flexibility index (Phi) is 3.78. The molecule has 0 atom stereocenters. The van der Waals surface area contributed by atoms with Gasteiger partial charge in [0.2, 0.25) is 0 Å². The molecule has 0 spiro atoms. The normalized spacial score (nSPS) is 10.5. The summed E-state index contributed by atoms with van der Waals surface area (Å²) < 4.78 is 15.2. The summed E-state index contributed by atoms with van der Waals surface area (Å²) in [6.45, 7) is 1.84. The van der Waals surface area contributed by atoms with Crippen LogP contribution in [-0.2, 0) is 4.74 Å². The van der Waals surface area contributed by atoms with Gasteiger partial charge in [0, 0.05) is 5.39 Å². The van der Waals surface area contributed by atoms with Gasteiger partial charge in [0.25, 0.3) is 0 Å². The molecule has 1 aromatic carbocycles. The van der Waals surface area contributed by atoms with Gasteiger partial charge in [0.1, 0.15) is 16.9 Å². The Bertz CT molecular complexity index is 604. The molecule has 0 unspecified atom stereocenters. The third-order valence-electron chi connectivity index (χ3n) is 2.64. The van der Waals surface area contributed by atoms with E-state index in [1.54, 1.807) is 25.1 Å². The first-order chi connectivity index (χ1) is 9.08. The lowest BCUT2D eigenvalue weighted by Gasteiger charge is -2.03. The van der Waals surface area contributed by atoms with E-state index in [0.717, 1.165) is 0 Å². The van der Waals surface area contributed by atoms with Crippen molar-refractivity contribution in [2.75, 3.05) is 13.7 Å². The second-order valence-corrected chi connectivity index (χ2v) is 3.80. The highest BCUT2D eigenvalue weighted by atomic mass is 16.5. The maximum absolute atomic E-state index is 11.9. The van der Waals surface area contributed by atoms with Gasteiger partial charge in [-0.3, -0.25) is 0 Å². The molecular weight excluding hydrogens is 251 g/mol. The molecule has 2 rings (SSSR count). The summed E-state index contributed by atoms with van der Waals surface area (Å²) in [7, 11) is -0.398. The van der Waals surface area contributed by atoms with E-state index in [9.17, 15) is 14.8 Å². The van der Waals surface area contributed by atoms with Crippen LogP contribution in [0.4, 0.5) is 0 Å². The van der Waals surface area contributed by atoms with Crippen molar-refractivity contribution in [3.8, 4) is 5.75 Å². The van der Waals surface area contributed by atoms with Gasteiger partial charge in [-0.2, -0.15) is 0 Å². The number of benzene rings is 1. The van der Waals surface area contributed by atoms with Crippen molar-refractivity contribution in [3.63, 3.8) is 0 Å². The average molecular weight is 264 g/mol. The van der Waals surface area contributed by atoms with Crippen molar-refractivity contribution >= 4 is 29.7 Å². The van der Waals surface area contributed by atoms with Crippen LogP contribution in [0.3, 0.4) is 0 Å². The molecule has 0 amide bonds. The predicted molar refractivity (Wildman–Crippen MR) is 68.5 cm³/mol. The highest BCUT2D eigenvalue weighted by Crippen LogP contribution is 2.25. The number of carbonyl (C=O) groups excluding carboxylic acids is 1. The molecule has 6 nitrogen and oxygen atoms in total. The molecular formula is C12H13BO6. The minimum atomic E-state index is -1.89. The molecule has 2 N–H and O–H groups in total. The summed E-state index contributed by atoms with van der Waals surface area (Å²) in [6, 6.07) is 4.81. The molecule has 0 aliphatic rings. The van der Waals surface area contributed by atoms with Gasteiger partial charge in [-0.05, 0) is 25.1 Å². The fraction of sp³-hybridized carbons (Fsp3) is 0.250.